The summed E-state index contributed by atoms with van der Waals surface area (Å²) in [6.45, 7) is 6.41. The van der Waals surface area contributed by atoms with E-state index in [4.69, 9.17) is 0 Å². The van der Waals surface area contributed by atoms with Gasteiger partial charge in [-0.1, -0.05) is 54.1 Å². The normalized spacial score (nSPS) is 10.5. The van der Waals surface area contributed by atoms with E-state index in [0.717, 1.165) is 13.1 Å². The lowest BCUT2D eigenvalue weighted by atomic mass is 10.1. The summed E-state index contributed by atoms with van der Waals surface area (Å²) in [6, 6.07) is 17.4. The molecule has 0 aliphatic heterocycles. The molecule has 1 heteroatoms. The average Bonchev–Trinajstić information content (AvgIpc) is 2.34. The van der Waals surface area contributed by atoms with E-state index in [2.05, 4.69) is 67.7 Å². The number of quaternary nitrogens is 1. The zero-order chi connectivity index (χ0) is 12.1. The van der Waals surface area contributed by atoms with Crippen LogP contribution < -0.4 is 5.32 Å². The monoisotopic (exact) mass is 226 g/mol. The number of hydrogen-bond donors (Lipinski definition) is 1. The molecule has 0 fully saturated rings. The average molecular weight is 226 g/mol. The fourth-order valence-electron chi connectivity index (χ4n) is 1.96. The quantitative estimate of drug-likeness (QED) is 0.825. The van der Waals surface area contributed by atoms with Crippen LogP contribution in [0.15, 0.2) is 48.5 Å². The van der Waals surface area contributed by atoms with Crippen molar-refractivity contribution < 1.29 is 5.32 Å². The Hall–Kier alpha value is -1.60. The Morgan fingerprint density at radius 2 is 1.53 bits per heavy atom. The third kappa shape index (κ3) is 3.43. The summed E-state index contributed by atoms with van der Waals surface area (Å²) < 4.78 is 0. The molecule has 0 heterocycles. The first kappa shape index (κ1) is 11.9. The summed E-state index contributed by atoms with van der Waals surface area (Å²) in [5.41, 5.74) is 5.53. The standard InChI is InChI=1S/C16H19N/c1-13-7-9-15(10-8-13)11-17-12-16-6-4-3-5-14(16)2/h3-10,17H,11-12H2,1-2H3/p+1. The maximum absolute atomic E-state index is 2.35. The number of rotatable bonds is 4. The fourth-order valence-corrected chi connectivity index (χ4v) is 1.96. The predicted molar refractivity (Wildman–Crippen MR) is 71.7 cm³/mol. The van der Waals surface area contributed by atoms with Gasteiger partial charge in [-0.2, -0.15) is 0 Å². The zero-order valence-electron chi connectivity index (χ0n) is 10.6. The van der Waals surface area contributed by atoms with Gasteiger partial charge in [0.15, 0.2) is 0 Å². The van der Waals surface area contributed by atoms with Gasteiger partial charge in [0.05, 0.1) is 0 Å². The molecule has 0 aliphatic rings. The van der Waals surface area contributed by atoms with Gasteiger partial charge in [0.2, 0.25) is 0 Å². The first-order valence-electron chi connectivity index (χ1n) is 6.17. The van der Waals surface area contributed by atoms with Crippen LogP contribution in [-0.2, 0) is 13.1 Å². The summed E-state index contributed by atoms with van der Waals surface area (Å²) in [6.07, 6.45) is 0. The molecule has 0 saturated heterocycles. The molecule has 2 rings (SSSR count). The van der Waals surface area contributed by atoms with Gasteiger partial charge in [-0.05, 0) is 19.4 Å². The first-order chi connectivity index (χ1) is 8.25. The van der Waals surface area contributed by atoms with Crippen LogP contribution in [0.5, 0.6) is 0 Å². The Bertz CT molecular complexity index is 471. The van der Waals surface area contributed by atoms with Crippen molar-refractivity contribution in [2.75, 3.05) is 0 Å². The number of aryl methyl sites for hydroxylation is 2. The van der Waals surface area contributed by atoms with E-state index in [9.17, 15) is 0 Å². The molecule has 17 heavy (non-hydrogen) atoms. The Kier molecular flexibility index (Phi) is 3.94. The molecule has 0 aliphatic carbocycles. The van der Waals surface area contributed by atoms with Gasteiger partial charge in [0.25, 0.3) is 0 Å². The molecule has 0 unspecified atom stereocenters. The minimum atomic E-state index is 1.05. The molecule has 0 aromatic heterocycles. The smallest absolute Gasteiger partial charge is 0.102 e. The third-order valence-electron chi connectivity index (χ3n) is 3.13. The van der Waals surface area contributed by atoms with Crippen molar-refractivity contribution in [3.8, 4) is 0 Å². The van der Waals surface area contributed by atoms with E-state index in [1.807, 2.05) is 0 Å². The van der Waals surface area contributed by atoms with Crippen molar-refractivity contribution in [3.63, 3.8) is 0 Å². The highest BCUT2D eigenvalue weighted by Crippen LogP contribution is 2.05. The fraction of sp³-hybridized carbons (Fsp3) is 0.250. The SMILES string of the molecule is Cc1ccc(C[NH2+]Cc2ccccc2C)cc1. The topological polar surface area (TPSA) is 16.6 Å². The summed E-state index contributed by atoms with van der Waals surface area (Å²) in [5.74, 6) is 0. The largest absolute Gasteiger partial charge is 0.339 e. The van der Waals surface area contributed by atoms with Crippen LogP contribution in [0.2, 0.25) is 0 Å². The van der Waals surface area contributed by atoms with Gasteiger partial charge in [-0.3, -0.25) is 0 Å². The van der Waals surface area contributed by atoms with E-state index in [1.54, 1.807) is 0 Å². The van der Waals surface area contributed by atoms with Crippen molar-refractivity contribution in [1.82, 2.24) is 0 Å². The van der Waals surface area contributed by atoms with Crippen molar-refractivity contribution in [1.29, 1.82) is 0 Å². The lowest BCUT2D eigenvalue weighted by molar-refractivity contribution is -0.686. The second kappa shape index (κ2) is 5.65. The van der Waals surface area contributed by atoms with Crippen LogP contribution in [-0.4, -0.2) is 0 Å². The van der Waals surface area contributed by atoms with Crippen LogP contribution in [0.4, 0.5) is 0 Å². The molecule has 0 spiro atoms. The Labute approximate surface area is 103 Å². The summed E-state index contributed by atoms with van der Waals surface area (Å²) in [7, 11) is 0. The molecule has 2 aromatic rings. The number of nitrogens with two attached hydrogens (primary N) is 1. The van der Waals surface area contributed by atoms with Gasteiger partial charge < -0.3 is 5.32 Å². The van der Waals surface area contributed by atoms with Crippen LogP contribution in [0.1, 0.15) is 22.3 Å². The third-order valence-corrected chi connectivity index (χ3v) is 3.13. The molecule has 2 aromatic carbocycles. The van der Waals surface area contributed by atoms with Crippen LogP contribution in [0.25, 0.3) is 0 Å². The summed E-state index contributed by atoms with van der Waals surface area (Å²) in [4.78, 5) is 0. The van der Waals surface area contributed by atoms with E-state index in [-0.39, 0.29) is 0 Å². The van der Waals surface area contributed by atoms with Gasteiger partial charge >= 0.3 is 0 Å². The predicted octanol–water partition coefficient (Wildman–Crippen LogP) is 2.57. The van der Waals surface area contributed by atoms with E-state index < -0.39 is 0 Å². The van der Waals surface area contributed by atoms with Crippen LogP contribution >= 0.6 is 0 Å². The second-order valence-corrected chi connectivity index (χ2v) is 4.61. The molecule has 2 N–H and O–H groups in total. The molecule has 1 nitrogen and oxygen atoms in total. The minimum Gasteiger partial charge on any atom is -0.339 e. The molecular formula is C16H20N+. The van der Waals surface area contributed by atoms with Gasteiger partial charge in [0.1, 0.15) is 13.1 Å². The highest BCUT2D eigenvalue weighted by atomic mass is 14.8. The zero-order valence-corrected chi connectivity index (χ0v) is 10.6. The molecule has 88 valence electrons. The Morgan fingerprint density at radius 1 is 0.824 bits per heavy atom. The van der Waals surface area contributed by atoms with E-state index in [0.29, 0.717) is 0 Å². The maximum Gasteiger partial charge on any atom is 0.102 e. The summed E-state index contributed by atoms with van der Waals surface area (Å²) in [5, 5.41) is 2.35. The van der Waals surface area contributed by atoms with E-state index in [1.165, 1.54) is 22.3 Å². The molecule has 0 atom stereocenters. The highest BCUT2D eigenvalue weighted by Gasteiger charge is 1.99. The van der Waals surface area contributed by atoms with Gasteiger partial charge in [0, 0.05) is 11.1 Å². The van der Waals surface area contributed by atoms with Gasteiger partial charge in [-0.25, -0.2) is 0 Å². The second-order valence-electron chi connectivity index (χ2n) is 4.61. The van der Waals surface area contributed by atoms with E-state index >= 15 is 0 Å². The van der Waals surface area contributed by atoms with Crippen molar-refractivity contribution in [3.05, 3.63) is 70.8 Å². The maximum atomic E-state index is 2.35. The highest BCUT2D eigenvalue weighted by molar-refractivity contribution is 5.24. The minimum absolute atomic E-state index is 1.05. The van der Waals surface area contributed by atoms with Crippen LogP contribution in [0, 0.1) is 13.8 Å². The van der Waals surface area contributed by atoms with Crippen molar-refractivity contribution >= 4 is 0 Å². The lowest BCUT2D eigenvalue weighted by Gasteiger charge is -2.05. The molecule has 0 amide bonds. The molecule has 0 bridgehead atoms. The molecule has 0 radical (unpaired) electrons. The number of benzene rings is 2. The lowest BCUT2D eigenvalue weighted by Crippen LogP contribution is -2.80. The summed E-state index contributed by atoms with van der Waals surface area (Å²) >= 11 is 0. The van der Waals surface area contributed by atoms with Crippen molar-refractivity contribution in [2.24, 2.45) is 0 Å². The molecular weight excluding hydrogens is 206 g/mol. The Balaban J connectivity index is 1.88. The van der Waals surface area contributed by atoms with Gasteiger partial charge in [-0.15, -0.1) is 0 Å². The molecule has 0 saturated carbocycles. The number of hydrogen-bond acceptors (Lipinski definition) is 0. The van der Waals surface area contributed by atoms with Crippen molar-refractivity contribution in [2.45, 2.75) is 26.9 Å². The first-order valence-corrected chi connectivity index (χ1v) is 6.17. The Morgan fingerprint density at radius 3 is 2.24 bits per heavy atom. The van der Waals surface area contributed by atoms with Crippen LogP contribution in [0.3, 0.4) is 0 Å².